The Kier molecular flexibility index (Phi) is 10.9. The summed E-state index contributed by atoms with van der Waals surface area (Å²) in [6, 6.07) is 32.8. The highest BCUT2D eigenvalue weighted by molar-refractivity contribution is 5.75. The van der Waals surface area contributed by atoms with E-state index in [1.165, 1.54) is 38.9 Å². The molecule has 0 amide bonds. The summed E-state index contributed by atoms with van der Waals surface area (Å²) < 4.78 is 17.0. The molecule has 5 heteroatoms. The molecule has 0 aliphatic heterocycles. The summed E-state index contributed by atoms with van der Waals surface area (Å²) in [4.78, 5) is 14.7. The fraction of sp³-hybridized carbons (Fsp3) is 0.359. The number of fused-ring (bicyclic) bond motifs is 2. The number of esters is 1. The molecule has 0 fully saturated rings. The van der Waals surface area contributed by atoms with Crippen molar-refractivity contribution in [1.29, 1.82) is 0 Å². The summed E-state index contributed by atoms with van der Waals surface area (Å²) in [5.41, 5.74) is 10.6. The van der Waals surface area contributed by atoms with E-state index in [0.717, 1.165) is 37.1 Å². The van der Waals surface area contributed by atoms with Crippen LogP contribution >= 0.6 is 0 Å². The van der Waals surface area contributed by atoms with Crippen LogP contribution in [0.5, 0.6) is 5.75 Å². The maximum absolute atomic E-state index is 12.3. The van der Waals surface area contributed by atoms with Crippen molar-refractivity contribution in [2.45, 2.75) is 58.6 Å². The predicted octanol–water partition coefficient (Wildman–Crippen LogP) is 7.30. The Balaban J connectivity index is 1.29. The van der Waals surface area contributed by atoms with E-state index in [4.69, 9.17) is 14.2 Å². The second-order valence-electron chi connectivity index (χ2n) is 11.7. The molecule has 230 valence electrons. The third-order valence-electron chi connectivity index (χ3n) is 8.43. The molecule has 4 aromatic rings. The van der Waals surface area contributed by atoms with Gasteiger partial charge in [-0.2, -0.15) is 0 Å². The number of hydrogen-bond acceptors (Lipinski definition) is 5. The van der Waals surface area contributed by atoms with Gasteiger partial charge >= 0.3 is 5.97 Å². The smallest absolute Gasteiger partial charge is 0.335 e. The third-order valence-corrected chi connectivity index (χ3v) is 8.43. The first-order valence-corrected chi connectivity index (χ1v) is 15.9. The lowest BCUT2D eigenvalue weighted by molar-refractivity contribution is -0.156. The number of carbonyl (C=O) groups is 1. The Morgan fingerprint density at radius 2 is 1.57 bits per heavy atom. The van der Waals surface area contributed by atoms with Crippen molar-refractivity contribution in [2.24, 2.45) is 0 Å². The SMILES string of the molecule is CCOC(=O)C(Cc1ccc(OCCN(C)C2c3ccc(C)cc3CCc3ccc(Cc4ccccc4)cc32)cc1)OCC. The Morgan fingerprint density at radius 1 is 0.818 bits per heavy atom. The molecule has 0 radical (unpaired) electrons. The number of rotatable bonds is 13. The van der Waals surface area contributed by atoms with Gasteiger partial charge in [0.1, 0.15) is 12.4 Å². The van der Waals surface area contributed by atoms with Crippen LogP contribution in [0, 0.1) is 6.92 Å². The molecule has 1 aliphatic carbocycles. The largest absolute Gasteiger partial charge is 0.492 e. The normalized spacial score (nSPS) is 14.8. The molecule has 2 atom stereocenters. The lowest BCUT2D eigenvalue weighted by Crippen LogP contribution is -2.30. The number of likely N-dealkylation sites (N-methyl/N-ethyl adjacent to an activating group) is 1. The zero-order chi connectivity index (χ0) is 30.9. The van der Waals surface area contributed by atoms with Crippen LogP contribution in [0.4, 0.5) is 0 Å². The summed E-state index contributed by atoms with van der Waals surface area (Å²) in [6.07, 6.45) is 2.90. The van der Waals surface area contributed by atoms with Crippen LogP contribution < -0.4 is 4.74 Å². The minimum atomic E-state index is -0.595. The van der Waals surface area contributed by atoms with Gasteiger partial charge in [0.25, 0.3) is 0 Å². The Morgan fingerprint density at radius 3 is 2.32 bits per heavy atom. The van der Waals surface area contributed by atoms with Crippen molar-refractivity contribution in [2.75, 3.05) is 33.4 Å². The third kappa shape index (κ3) is 7.96. The summed E-state index contributed by atoms with van der Waals surface area (Å²) in [5.74, 6) is 0.496. The Labute approximate surface area is 262 Å². The number of benzene rings is 4. The van der Waals surface area contributed by atoms with Gasteiger partial charge in [-0.1, -0.05) is 84.4 Å². The Hall–Kier alpha value is -3.93. The topological polar surface area (TPSA) is 48.0 Å². The fourth-order valence-corrected chi connectivity index (χ4v) is 6.22. The first kappa shape index (κ1) is 31.5. The number of nitrogens with zero attached hydrogens (tertiary/aromatic N) is 1. The van der Waals surface area contributed by atoms with Gasteiger partial charge in [-0.15, -0.1) is 0 Å². The summed E-state index contributed by atoms with van der Waals surface area (Å²) in [7, 11) is 2.21. The molecule has 0 saturated heterocycles. The van der Waals surface area contributed by atoms with Gasteiger partial charge < -0.3 is 14.2 Å². The molecule has 0 saturated carbocycles. The highest BCUT2D eigenvalue weighted by atomic mass is 16.6. The van der Waals surface area contributed by atoms with Crippen LogP contribution in [-0.2, 0) is 40.0 Å². The van der Waals surface area contributed by atoms with E-state index in [-0.39, 0.29) is 12.0 Å². The quantitative estimate of drug-likeness (QED) is 0.153. The lowest BCUT2D eigenvalue weighted by atomic mass is 9.90. The maximum Gasteiger partial charge on any atom is 0.335 e. The van der Waals surface area contributed by atoms with E-state index >= 15 is 0 Å². The van der Waals surface area contributed by atoms with Gasteiger partial charge in [0, 0.05) is 19.6 Å². The first-order chi connectivity index (χ1) is 21.4. The van der Waals surface area contributed by atoms with Crippen molar-refractivity contribution in [1.82, 2.24) is 4.90 Å². The molecule has 5 rings (SSSR count). The van der Waals surface area contributed by atoms with Crippen molar-refractivity contribution in [3.63, 3.8) is 0 Å². The maximum atomic E-state index is 12.3. The average Bonchev–Trinajstić information content (AvgIpc) is 3.18. The van der Waals surface area contributed by atoms with E-state index in [0.29, 0.717) is 26.2 Å². The summed E-state index contributed by atoms with van der Waals surface area (Å²) in [5, 5.41) is 0. The van der Waals surface area contributed by atoms with Crippen LogP contribution in [0.15, 0.2) is 91.0 Å². The van der Waals surface area contributed by atoms with Crippen LogP contribution in [0.2, 0.25) is 0 Å². The van der Waals surface area contributed by atoms with Crippen LogP contribution in [0.25, 0.3) is 0 Å². The number of aryl methyl sites for hydroxylation is 3. The molecular formula is C39H45NO4. The molecule has 0 bridgehead atoms. The van der Waals surface area contributed by atoms with E-state index in [1.807, 2.05) is 38.1 Å². The number of carbonyl (C=O) groups excluding carboxylic acids is 1. The van der Waals surface area contributed by atoms with Crippen LogP contribution in [-0.4, -0.2) is 50.4 Å². The average molecular weight is 592 g/mol. The van der Waals surface area contributed by atoms with Gasteiger partial charge in [-0.05, 0) is 98.2 Å². The Bertz CT molecular complexity index is 1520. The molecule has 2 unspecified atom stereocenters. The molecule has 5 nitrogen and oxygen atoms in total. The molecule has 0 aromatic heterocycles. The van der Waals surface area contributed by atoms with Crippen LogP contribution in [0.3, 0.4) is 0 Å². The molecule has 1 aliphatic rings. The van der Waals surface area contributed by atoms with E-state index in [1.54, 1.807) is 0 Å². The minimum absolute atomic E-state index is 0.156. The van der Waals surface area contributed by atoms with Gasteiger partial charge in [-0.25, -0.2) is 4.79 Å². The zero-order valence-corrected chi connectivity index (χ0v) is 26.6. The van der Waals surface area contributed by atoms with Gasteiger partial charge in [0.05, 0.1) is 12.6 Å². The van der Waals surface area contributed by atoms with E-state index < -0.39 is 6.10 Å². The summed E-state index contributed by atoms with van der Waals surface area (Å²) >= 11 is 0. The van der Waals surface area contributed by atoms with E-state index in [2.05, 4.69) is 85.6 Å². The monoisotopic (exact) mass is 591 g/mol. The number of hydrogen-bond donors (Lipinski definition) is 0. The van der Waals surface area contributed by atoms with Crippen molar-refractivity contribution < 1.29 is 19.0 Å². The van der Waals surface area contributed by atoms with E-state index in [9.17, 15) is 4.79 Å². The number of ether oxygens (including phenoxy) is 3. The molecule has 0 heterocycles. The lowest BCUT2D eigenvalue weighted by Gasteiger charge is -2.31. The molecular weight excluding hydrogens is 546 g/mol. The zero-order valence-electron chi connectivity index (χ0n) is 26.6. The highest BCUT2D eigenvalue weighted by Crippen LogP contribution is 2.37. The van der Waals surface area contributed by atoms with Gasteiger partial charge in [0.2, 0.25) is 0 Å². The van der Waals surface area contributed by atoms with Gasteiger partial charge in [0.15, 0.2) is 6.10 Å². The predicted molar refractivity (Wildman–Crippen MR) is 176 cm³/mol. The molecule has 0 N–H and O–H groups in total. The van der Waals surface area contributed by atoms with Gasteiger partial charge in [-0.3, -0.25) is 4.90 Å². The van der Waals surface area contributed by atoms with Crippen molar-refractivity contribution in [3.05, 3.63) is 136 Å². The summed E-state index contributed by atoms with van der Waals surface area (Å²) in [6.45, 7) is 8.02. The standard InChI is InChI=1S/C39H45NO4/c1-5-42-37(39(41)43-6-2)27-30-14-19-34(20-15-30)44-23-22-40(4)38-35-21-12-28(3)24-33(35)18-17-32-16-13-31(26-36(32)38)25-29-10-8-7-9-11-29/h7-16,19-21,24,26,37-38H,5-6,17-18,22-23,25,27H2,1-4H3. The first-order valence-electron chi connectivity index (χ1n) is 15.9. The van der Waals surface area contributed by atoms with Crippen molar-refractivity contribution >= 4 is 5.97 Å². The van der Waals surface area contributed by atoms with Crippen LogP contribution in [0.1, 0.15) is 64.4 Å². The van der Waals surface area contributed by atoms with Crippen molar-refractivity contribution in [3.8, 4) is 5.75 Å². The molecule has 4 aromatic carbocycles. The molecule has 44 heavy (non-hydrogen) atoms. The molecule has 0 spiro atoms. The highest BCUT2D eigenvalue weighted by Gasteiger charge is 2.27. The fourth-order valence-electron chi connectivity index (χ4n) is 6.22. The second kappa shape index (κ2) is 15.2. The minimum Gasteiger partial charge on any atom is -0.492 e. The second-order valence-corrected chi connectivity index (χ2v) is 11.7.